The van der Waals surface area contributed by atoms with Crippen LogP contribution in [0.4, 0.5) is 11.4 Å². The zero-order valence-electron chi connectivity index (χ0n) is 9.72. The Kier molecular flexibility index (Phi) is 2.75. The Labute approximate surface area is 117 Å². The number of hydrogen-bond acceptors (Lipinski definition) is 5. The third-order valence-corrected chi connectivity index (χ3v) is 2.95. The van der Waals surface area contributed by atoms with Crippen molar-refractivity contribution in [3.05, 3.63) is 35.0 Å². The molecule has 0 radical (unpaired) electrons. The lowest BCUT2D eigenvalue weighted by Crippen LogP contribution is -1.92. The van der Waals surface area contributed by atoms with Crippen molar-refractivity contribution < 1.29 is 4.42 Å². The van der Waals surface area contributed by atoms with E-state index in [1.165, 1.54) is 0 Å². The van der Waals surface area contributed by atoms with Crippen molar-refractivity contribution in [1.82, 2.24) is 15.2 Å². The zero-order chi connectivity index (χ0) is 13.4. The van der Waals surface area contributed by atoms with E-state index in [0.717, 1.165) is 5.56 Å². The van der Waals surface area contributed by atoms with E-state index in [9.17, 15) is 0 Å². The number of anilines is 2. The van der Waals surface area contributed by atoms with Gasteiger partial charge in [0.1, 0.15) is 0 Å². The molecule has 7 heteroatoms. The predicted molar refractivity (Wildman–Crippen MR) is 76.0 cm³/mol. The van der Waals surface area contributed by atoms with E-state index < -0.39 is 0 Å². The minimum Gasteiger partial charge on any atom is -0.446 e. The van der Waals surface area contributed by atoms with Gasteiger partial charge in [-0.25, -0.2) is 4.98 Å². The number of aromatic nitrogens is 3. The lowest BCUT2D eigenvalue weighted by Gasteiger charge is -2.00. The lowest BCUT2D eigenvalue weighted by molar-refractivity contribution is 0.551. The first-order valence-electron chi connectivity index (χ1n) is 5.46. The van der Waals surface area contributed by atoms with Gasteiger partial charge in [0, 0.05) is 16.9 Å². The fourth-order valence-electron chi connectivity index (χ4n) is 1.75. The fourth-order valence-corrected chi connectivity index (χ4v) is 2.05. The summed E-state index contributed by atoms with van der Waals surface area (Å²) < 4.78 is 6.03. The Hall–Kier alpha value is -2.28. The van der Waals surface area contributed by atoms with Gasteiger partial charge < -0.3 is 15.9 Å². The molecule has 0 aliphatic rings. The average molecular weight is 320 g/mol. The molecule has 0 unspecified atom stereocenters. The maximum atomic E-state index is 5.75. The van der Waals surface area contributed by atoms with Crippen molar-refractivity contribution in [2.45, 2.75) is 0 Å². The van der Waals surface area contributed by atoms with Crippen molar-refractivity contribution in [1.29, 1.82) is 0 Å². The molecule has 0 atom stereocenters. The number of rotatable bonds is 2. The number of benzene rings is 1. The Morgan fingerprint density at radius 2 is 1.84 bits per heavy atom. The standard InChI is InChI=1S/C12H10BrN5O/c13-10-2-1-9(19-10)12-16-11(17-18-12)6-3-7(14)5-8(15)4-6/h1-5H,14-15H2,(H,16,17,18). The van der Waals surface area contributed by atoms with Crippen LogP contribution in [-0.4, -0.2) is 15.2 Å². The Balaban J connectivity index is 2.01. The van der Waals surface area contributed by atoms with E-state index in [-0.39, 0.29) is 0 Å². The molecule has 0 saturated heterocycles. The van der Waals surface area contributed by atoms with E-state index in [1.807, 2.05) is 0 Å². The molecule has 0 fully saturated rings. The van der Waals surface area contributed by atoms with Crippen LogP contribution in [0, 0.1) is 0 Å². The molecular formula is C12H10BrN5O. The number of aromatic amines is 1. The van der Waals surface area contributed by atoms with Gasteiger partial charge in [-0.2, -0.15) is 5.10 Å². The van der Waals surface area contributed by atoms with Crippen LogP contribution in [-0.2, 0) is 0 Å². The molecule has 0 bridgehead atoms. The van der Waals surface area contributed by atoms with Crippen LogP contribution in [0.15, 0.2) is 39.4 Å². The second-order valence-electron chi connectivity index (χ2n) is 4.00. The number of nitrogens with zero attached hydrogens (tertiary/aromatic N) is 2. The van der Waals surface area contributed by atoms with Crippen molar-refractivity contribution in [2.24, 2.45) is 0 Å². The van der Waals surface area contributed by atoms with Crippen LogP contribution in [0.2, 0.25) is 0 Å². The topological polar surface area (TPSA) is 107 Å². The maximum Gasteiger partial charge on any atom is 0.192 e. The Bertz CT molecular complexity index is 713. The molecule has 3 rings (SSSR count). The van der Waals surface area contributed by atoms with Gasteiger partial charge in [-0.05, 0) is 46.3 Å². The Morgan fingerprint density at radius 1 is 1.11 bits per heavy atom. The first-order chi connectivity index (χ1) is 9.11. The molecule has 0 spiro atoms. The van der Waals surface area contributed by atoms with Gasteiger partial charge in [0.2, 0.25) is 0 Å². The van der Waals surface area contributed by atoms with Crippen molar-refractivity contribution in [2.75, 3.05) is 11.5 Å². The highest BCUT2D eigenvalue weighted by Gasteiger charge is 2.11. The largest absolute Gasteiger partial charge is 0.446 e. The number of halogens is 1. The number of nitrogens with one attached hydrogen (secondary N) is 1. The third-order valence-electron chi connectivity index (χ3n) is 2.53. The normalized spacial score (nSPS) is 10.8. The first-order valence-corrected chi connectivity index (χ1v) is 6.25. The van der Waals surface area contributed by atoms with Crippen molar-refractivity contribution in [3.63, 3.8) is 0 Å². The second-order valence-corrected chi connectivity index (χ2v) is 4.78. The summed E-state index contributed by atoms with van der Waals surface area (Å²) in [6.45, 7) is 0. The smallest absolute Gasteiger partial charge is 0.192 e. The van der Waals surface area contributed by atoms with E-state index in [1.54, 1.807) is 30.3 Å². The van der Waals surface area contributed by atoms with Crippen LogP contribution in [0.5, 0.6) is 0 Å². The molecule has 5 N–H and O–H groups in total. The summed E-state index contributed by atoms with van der Waals surface area (Å²) in [5, 5.41) is 6.95. The summed E-state index contributed by atoms with van der Waals surface area (Å²) in [5.74, 6) is 1.66. The first kappa shape index (κ1) is 11.8. The average Bonchev–Trinajstić information content (AvgIpc) is 2.95. The van der Waals surface area contributed by atoms with Crippen LogP contribution < -0.4 is 11.5 Å². The molecule has 96 valence electrons. The molecule has 0 aliphatic heterocycles. The van der Waals surface area contributed by atoms with Gasteiger partial charge in [0.05, 0.1) is 0 Å². The fraction of sp³-hybridized carbons (Fsp3) is 0. The molecule has 2 heterocycles. The summed E-state index contributed by atoms with van der Waals surface area (Å²) in [6.07, 6.45) is 0. The number of hydrogen-bond donors (Lipinski definition) is 3. The summed E-state index contributed by atoms with van der Waals surface area (Å²) in [7, 11) is 0. The number of furan rings is 1. The highest BCUT2D eigenvalue weighted by atomic mass is 79.9. The molecule has 0 saturated carbocycles. The SMILES string of the molecule is Nc1cc(N)cc(-c2n[nH]c(-c3ccc(Br)o3)n2)c1. The second kappa shape index (κ2) is 4.43. The Morgan fingerprint density at radius 3 is 2.47 bits per heavy atom. The maximum absolute atomic E-state index is 5.75. The van der Waals surface area contributed by atoms with Crippen LogP contribution in [0.3, 0.4) is 0 Å². The van der Waals surface area contributed by atoms with Crippen molar-refractivity contribution >= 4 is 27.3 Å². The zero-order valence-corrected chi connectivity index (χ0v) is 11.3. The summed E-state index contributed by atoms with van der Waals surface area (Å²) in [5.41, 5.74) is 13.4. The predicted octanol–water partition coefficient (Wildman–Crippen LogP) is 2.66. The summed E-state index contributed by atoms with van der Waals surface area (Å²) in [6, 6.07) is 8.79. The number of nitrogen functional groups attached to an aromatic ring is 2. The minimum atomic E-state index is 0.515. The van der Waals surface area contributed by atoms with Crippen molar-refractivity contribution in [3.8, 4) is 23.0 Å². The van der Waals surface area contributed by atoms with Crippen LogP contribution in [0.1, 0.15) is 0 Å². The van der Waals surface area contributed by atoms with Gasteiger partial charge in [-0.1, -0.05) is 0 Å². The van der Waals surface area contributed by atoms with Gasteiger partial charge in [-0.15, -0.1) is 0 Å². The summed E-state index contributed by atoms with van der Waals surface area (Å²) in [4.78, 5) is 4.35. The lowest BCUT2D eigenvalue weighted by atomic mass is 10.1. The molecule has 6 nitrogen and oxygen atoms in total. The van der Waals surface area contributed by atoms with Gasteiger partial charge >= 0.3 is 0 Å². The highest BCUT2D eigenvalue weighted by Crippen LogP contribution is 2.26. The molecule has 19 heavy (non-hydrogen) atoms. The monoisotopic (exact) mass is 319 g/mol. The molecular weight excluding hydrogens is 310 g/mol. The van der Waals surface area contributed by atoms with Crippen LogP contribution >= 0.6 is 15.9 Å². The van der Waals surface area contributed by atoms with E-state index >= 15 is 0 Å². The van der Waals surface area contributed by atoms with E-state index in [0.29, 0.717) is 33.5 Å². The number of H-pyrrole nitrogens is 1. The molecule has 0 amide bonds. The molecule has 1 aromatic carbocycles. The molecule has 0 aliphatic carbocycles. The molecule has 3 aromatic rings. The minimum absolute atomic E-state index is 0.515. The van der Waals surface area contributed by atoms with E-state index in [2.05, 4.69) is 31.1 Å². The summed E-state index contributed by atoms with van der Waals surface area (Å²) >= 11 is 3.24. The van der Waals surface area contributed by atoms with Gasteiger partial charge in [-0.3, -0.25) is 5.10 Å². The van der Waals surface area contributed by atoms with Gasteiger partial charge in [0.25, 0.3) is 0 Å². The van der Waals surface area contributed by atoms with E-state index in [4.69, 9.17) is 15.9 Å². The van der Waals surface area contributed by atoms with Gasteiger partial charge in [0.15, 0.2) is 22.1 Å². The molecule has 2 aromatic heterocycles. The number of nitrogens with two attached hydrogens (primary N) is 2. The quantitative estimate of drug-likeness (QED) is 0.629. The third kappa shape index (κ3) is 2.32. The van der Waals surface area contributed by atoms with Crippen LogP contribution in [0.25, 0.3) is 23.0 Å². The highest BCUT2D eigenvalue weighted by molar-refractivity contribution is 9.10.